The van der Waals surface area contributed by atoms with E-state index in [0.717, 1.165) is 5.56 Å². The lowest BCUT2D eigenvalue weighted by Gasteiger charge is -2.10. The lowest BCUT2D eigenvalue weighted by molar-refractivity contribution is 0.301. The van der Waals surface area contributed by atoms with Crippen molar-refractivity contribution in [1.29, 1.82) is 0 Å². The van der Waals surface area contributed by atoms with Crippen LogP contribution >= 0.6 is 11.6 Å². The van der Waals surface area contributed by atoms with Gasteiger partial charge in [0.05, 0.1) is 11.6 Å². The van der Waals surface area contributed by atoms with Gasteiger partial charge in [-0.25, -0.2) is 0 Å². The molecule has 0 unspecified atom stereocenters. The molecule has 0 saturated heterocycles. The Morgan fingerprint density at radius 1 is 1.30 bits per heavy atom. The molecule has 0 fully saturated rings. The van der Waals surface area contributed by atoms with E-state index < -0.39 is 0 Å². The Morgan fingerprint density at radius 3 is 2.85 bits per heavy atom. The number of anilines is 1. The number of rotatable bonds is 5. The SMILES string of the molecule is Cc1ccc(OCCCn2cc(N)ccc2=O)c(Cl)c1. The number of ether oxygens (including phenoxy) is 1. The van der Waals surface area contributed by atoms with Gasteiger partial charge in [-0.05, 0) is 37.1 Å². The first-order valence-corrected chi connectivity index (χ1v) is 6.79. The fourth-order valence-corrected chi connectivity index (χ4v) is 2.15. The Morgan fingerprint density at radius 2 is 2.10 bits per heavy atom. The summed E-state index contributed by atoms with van der Waals surface area (Å²) in [5.74, 6) is 0.664. The maximum Gasteiger partial charge on any atom is 0.250 e. The molecule has 0 saturated carbocycles. The topological polar surface area (TPSA) is 57.2 Å². The molecule has 0 aliphatic carbocycles. The number of hydrogen-bond donors (Lipinski definition) is 1. The molecular weight excluding hydrogens is 276 g/mol. The van der Waals surface area contributed by atoms with Gasteiger partial charge in [-0.3, -0.25) is 4.79 Å². The summed E-state index contributed by atoms with van der Waals surface area (Å²) in [5, 5.41) is 0.603. The molecule has 0 bridgehead atoms. The Balaban J connectivity index is 1.87. The van der Waals surface area contributed by atoms with Crippen molar-refractivity contribution < 1.29 is 4.74 Å². The molecule has 5 heteroatoms. The van der Waals surface area contributed by atoms with Crippen molar-refractivity contribution in [3.05, 3.63) is 57.5 Å². The Kier molecular flexibility index (Phi) is 4.69. The second-order valence-electron chi connectivity index (χ2n) is 4.63. The van der Waals surface area contributed by atoms with Gasteiger partial charge >= 0.3 is 0 Å². The minimum absolute atomic E-state index is 0.0624. The molecule has 0 radical (unpaired) electrons. The van der Waals surface area contributed by atoms with Crippen molar-refractivity contribution in [2.45, 2.75) is 19.9 Å². The number of nitrogens with zero attached hydrogens (tertiary/aromatic N) is 1. The van der Waals surface area contributed by atoms with E-state index in [1.165, 1.54) is 6.07 Å². The largest absolute Gasteiger partial charge is 0.492 e. The van der Waals surface area contributed by atoms with Crippen LogP contribution in [-0.2, 0) is 6.54 Å². The number of pyridine rings is 1. The van der Waals surface area contributed by atoms with Crippen molar-refractivity contribution in [2.75, 3.05) is 12.3 Å². The van der Waals surface area contributed by atoms with Crippen molar-refractivity contribution in [2.24, 2.45) is 0 Å². The highest BCUT2D eigenvalue weighted by atomic mass is 35.5. The van der Waals surface area contributed by atoms with Crippen LogP contribution in [0.15, 0.2) is 41.3 Å². The van der Waals surface area contributed by atoms with Crippen molar-refractivity contribution in [3.63, 3.8) is 0 Å². The maximum atomic E-state index is 11.6. The molecule has 2 rings (SSSR count). The standard InChI is InChI=1S/C15H17ClN2O2/c1-11-3-5-14(13(16)9-11)20-8-2-7-18-10-12(17)4-6-15(18)19/h3-6,9-10H,2,7-8,17H2,1H3. The summed E-state index contributed by atoms with van der Waals surface area (Å²) in [5.41, 5.74) is 7.25. The number of aromatic nitrogens is 1. The highest BCUT2D eigenvalue weighted by Gasteiger charge is 2.02. The molecule has 0 spiro atoms. The molecule has 2 N–H and O–H groups in total. The van der Waals surface area contributed by atoms with Gasteiger partial charge in [0.2, 0.25) is 0 Å². The number of halogens is 1. The highest BCUT2D eigenvalue weighted by Crippen LogP contribution is 2.25. The fourth-order valence-electron chi connectivity index (χ4n) is 1.86. The zero-order valence-corrected chi connectivity index (χ0v) is 12.1. The number of aryl methyl sites for hydroxylation is 2. The van der Waals surface area contributed by atoms with E-state index in [1.54, 1.807) is 16.8 Å². The quantitative estimate of drug-likeness (QED) is 0.862. The third kappa shape index (κ3) is 3.78. The predicted molar refractivity (Wildman–Crippen MR) is 81.4 cm³/mol. The zero-order chi connectivity index (χ0) is 14.5. The molecule has 0 aliphatic rings. The predicted octanol–water partition coefficient (Wildman–Crippen LogP) is 2.86. The molecule has 1 aromatic heterocycles. The molecular formula is C15H17ClN2O2. The summed E-state index contributed by atoms with van der Waals surface area (Å²) in [6.07, 6.45) is 2.34. The van der Waals surface area contributed by atoms with Crippen molar-refractivity contribution in [3.8, 4) is 5.75 Å². The summed E-state index contributed by atoms with van der Waals surface area (Å²) in [6.45, 7) is 3.03. The molecule has 1 heterocycles. The maximum absolute atomic E-state index is 11.6. The van der Waals surface area contributed by atoms with Crippen molar-refractivity contribution >= 4 is 17.3 Å². The normalized spacial score (nSPS) is 10.5. The number of nitrogens with two attached hydrogens (primary N) is 1. The lowest BCUT2D eigenvalue weighted by Crippen LogP contribution is -2.20. The highest BCUT2D eigenvalue weighted by molar-refractivity contribution is 6.32. The monoisotopic (exact) mass is 292 g/mol. The fraction of sp³-hybridized carbons (Fsp3) is 0.267. The Hall–Kier alpha value is -1.94. The van der Waals surface area contributed by atoms with E-state index in [0.29, 0.717) is 36.0 Å². The molecule has 2 aromatic rings. The van der Waals surface area contributed by atoms with E-state index in [9.17, 15) is 4.79 Å². The number of nitrogen functional groups attached to an aromatic ring is 1. The van der Waals surface area contributed by atoms with E-state index in [1.807, 2.05) is 25.1 Å². The van der Waals surface area contributed by atoms with Gasteiger partial charge in [0, 0.05) is 24.5 Å². The van der Waals surface area contributed by atoms with Crippen LogP contribution in [0.1, 0.15) is 12.0 Å². The van der Waals surface area contributed by atoms with Gasteiger partial charge in [0.1, 0.15) is 5.75 Å². The Labute approximate surface area is 122 Å². The van der Waals surface area contributed by atoms with Gasteiger partial charge in [-0.2, -0.15) is 0 Å². The second-order valence-corrected chi connectivity index (χ2v) is 5.04. The zero-order valence-electron chi connectivity index (χ0n) is 11.3. The summed E-state index contributed by atoms with van der Waals surface area (Å²) in [7, 11) is 0. The first-order chi connectivity index (χ1) is 9.56. The minimum atomic E-state index is -0.0624. The Bertz CT molecular complexity index is 653. The average Bonchev–Trinajstić information content (AvgIpc) is 2.40. The third-order valence-corrected chi connectivity index (χ3v) is 3.19. The van der Waals surface area contributed by atoms with Crippen LogP contribution in [-0.4, -0.2) is 11.2 Å². The smallest absolute Gasteiger partial charge is 0.250 e. The average molecular weight is 293 g/mol. The van der Waals surface area contributed by atoms with Crippen LogP contribution in [0.2, 0.25) is 5.02 Å². The van der Waals surface area contributed by atoms with Crippen LogP contribution in [0, 0.1) is 6.92 Å². The van der Waals surface area contributed by atoms with Crippen LogP contribution in [0.5, 0.6) is 5.75 Å². The first kappa shape index (κ1) is 14.5. The van der Waals surface area contributed by atoms with Crippen LogP contribution in [0.25, 0.3) is 0 Å². The molecule has 4 nitrogen and oxygen atoms in total. The van der Waals surface area contributed by atoms with Gasteiger partial charge in [0.15, 0.2) is 0 Å². The van der Waals surface area contributed by atoms with Crippen molar-refractivity contribution in [1.82, 2.24) is 4.57 Å². The van der Waals surface area contributed by atoms with Gasteiger partial charge in [-0.15, -0.1) is 0 Å². The molecule has 20 heavy (non-hydrogen) atoms. The molecule has 1 aromatic carbocycles. The second kappa shape index (κ2) is 6.48. The van der Waals surface area contributed by atoms with E-state index in [2.05, 4.69) is 0 Å². The van der Waals surface area contributed by atoms with Crippen LogP contribution in [0.4, 0.5) is 5.69 Å². The van der Waals surface area contributed by atoms with E-state index in [4.69, 9.17) is 22.1 Å². The molecule has 0 amide bonds. The minimum Gasteiger partial charge on any atom is -0.492 e. The molecule has 0 aliphatic heterocycles. The van der Waals surface area contributed by atoms with Crippen LogP contribution < -0.4 is 16.0 Å². The van der Waals surface area contributed by atoms with Crippen LogP contribution in [0.3, 0.4) is 0 Å². The third-order valence-electron chi connectivity index (χ3n) is 2.89. The first-order valence-electron chi connectivity index (χ1n) is 6.41. The van der Waals surface area contributed by atoms with Gasteiger partial charge < -0.3 is 15.0 Å². The van der Waals surface area contributed by atoms with Gasteiger partial charge in [-0.1, -0.05) is 17.7 Å². The molecule has 106 valence electrons. The van der Waals surface area contributed by atoms with Gasteiger partial charge in [0.25, 0.3) is 5.56 Å². The molecule has 0 atom stereocenters. The summed E-state index contributed by atoms with van der Waals surface area (Å²) in [4.78, 5) is 11.6. The summed E-state index contributed by atoms with van der Waals surface area (Å²) in [6, 6.07) is 8.72. The van der Waals surface area contributed by atoms with E-state index >= 15 is 0 Å². The number of hydrogen-bond acceptors (Lipinski definition) is 3. The summed E-state index contributed by atoms with van der Waals surface area (Å²) < 4.78 is 7.18. The summed E-state index contributed by atoms with van der Waals surface area (Å²) >= 11 is 6.07. The lowest BCUT2D eigenvalue weighted by atomic mass is 10.2. The number of benzene rings is 1. The van der Waals surface area contributed by atoms with E-state index in [-0.39, 0.29) is 5.56 Å².